The lowest BCUT2D eigenvalue weighted by Crippen LogP contribution is -2.03. The molecule has 0 aliphatic carbocycles. The van der Waals surface area contributed by atoms with Crippen molar-refractivity contribution in [3.8, 4) is 0 Å². The summed E-state index contributed by atoms with van der Waals surface area (Å²) in [5, 5.41) is 0. The Bertz CT molecular complexity index is 44.3. The number of hydrogen-bond acceptors (Lipinski definition) is 2. The fraction of sp³-hybridized carbons (Fsp3) is 1.00. The summed E-state index contributed by atoms with van der Waals surface area (Å²) >= 11 is 0. The molecule has 0 aromatic heterocycles. The minimum Gasteiger partial charge on any atom is -0.385 e. The van der Waals surface area contributed by atoms with Gasteiger partial charge in [0.15, 0.2) is 0 Å². The van der Waals surface area contributed by atoms with Gasteiger partial charge in [0.05, 0.1) is 6.61 Å². The second-order valence-corrected chi connectivity index (χ2v) is 1.71. The molecular formula is C6H14NO2. The van der Waals surface area contributed by atoms with E-state index >= 15 is 0 Å². The van der Waals surface area contributed by atoms with E-state index in [1.165, 1.54) is 0 Å². The van der Waals surface area contributed by atoms with Crippen LogP contribution in [0.3, 0.4) is 0 Å². The molecule has 55 valence electrons. The van der Waals surface area contributed by atoms with Gasteiger partial charge < -0.3 is 9.47 Å². The molecule has 3 nitrogen and oxygen atoms in total. The Kier molecular flexibility index (Phi) is 7.77. The summed E-state index contributed by atoms with van der Waals surface area (Å²) in [6.45, 7) is 2.36. The van der Waals surface area contributed by atoms with E-state index in [1.54, 1.807) is 7.11 Å². The van der Waals surface area contributed by atoms with Crippen molar-refractivity contribution in [3.05, 3.63) is 0 Å². The Morgan fingerprint density at radius 3 is 2.56 bits per heavy atom. The molecule has 0 aliphatic rings. The van der Waals surface area contributed by atoms with Gasteiger partial charge in [0.25, 0.3) is 0 Å². The molecule has 0 rings (SSSR count). The molecule has 0 saturated heterocycles. The van der Waals surface area contributed by atoms with E-state index in [0.717, 1.165) is 13.0 Å². The van der Waals surface area contributed by atoms with Crippen LogP contribution in [0, 0.1) is 0 Å². The zero-order valence-corrected chi connectivity index (χ0v) is 5.85. The van der Waals surface area contributed by atoms with Gasteiger partial charge in [-0.1, -0.05) is 0 Å². The first kappa shape index (κ1) is 8.88. The Labute approximate surface area is 56.1 Å². The average Bonchev–Trinajstić information content (AvgIpc) is 1.89. The predicted octanol–water partition coefficient (Wildman–Crippen LogP) is 0.322. The van der Waals surface area contributed by atoms with E-state index in [2.05, 4.69) is 0 Å². The maximum atomic E-state index is 6.73. The van der Waals surface area contributed by atoms with Crippen LogP contribution in [0.15, 0.2) is 0 Å². The van der Waals surface area contributed by atoms with Crippen molar-refractivity contribution in [2.45, 2.75) is 6.42 Å². The summed E-state index contributed by atoms with van der Waals surface area (Å²) in [4.78, 5) is 0. The summed E-state index contributed by atoms with van der Waals surface area (Å²) < 4.78 is 9.81. The van der Waals surface area contributed by atoms with Crippen molar-refractivity contribution in [1.29, 1.82) is 0 Å². The molecule has 9 heavy (non-hydrogen) atoms. The molecule has 1 radical (unpaired) electrons. The molecule has 3 heteroatoms. The molecule has 0 aliphatic heterocycles. The average molecular weight is 132 g/mol. The molecular weight excluding hydrogens is 118 g/mol. The molecule has 0 aromatic rings. The van der Waals surface area contributed by atoms with Crippen molar-refractivity contribution in [2.24, 2.45) is 0 Å². The normalized spacial score (nSPS) is 10.0. The van der Waals surface area contributed by atoms with Gasteiger partial charge in [0.1, 0.15) is 0 Å². The summed E-state index contributed by atoms with van der Waals surface area (Å²) in [6, 6.07) is 0. The van der Waals surface area contributed by atoms with Gasteiger partial charge in [0, 0.05) is 26.9 Å². The van der Waals surface area contributed by atoms with Gasteiger partial charge in [-0.15, -0.1) is 0 Å². The number of rotatable bonds is 6. The maximum absolute atomic E-state index is 6.73. The van der Waals surface area contributed by atoms with Crippen molar-refractivity contribution in [3.63, 3.8) is 0 Å². The van der Waals surface area contributed by atoms with Gasteiger partial charge in [-0.3, -0.25) is 5.73 Å². The Morgan fingerprint density at radius 1 is 1.22 bits per heavy atom. The highest BCUT2D eigenvalue weighted by Crippen LogP contribution is 1.81. The van der Waals surface area contributed by atoms with Gasteiger partial charge in [-0.05, 0) is 6.42 Å². The summed E-state index contributed by atoms with van der Waals surface area (Å²) in [5.41, 5.74) is 6.73. The molecule has 0 heterocycles. The van der Waals surface area contributed by atoms with Crippen LogP contribution in [0.5, 0.6) is 0 Å². The third kappa shape index (κ3) is 7.88. The first-order chi connectivity index (χ1) is 4.41. The van der Waals surface area contributed by atoms with Gasteiger partial charge in [-0.2, -0.15) is 0 Å². The molecule has 0 fully saturated rings. The van der Waals surface area contributed by atoms with E-state index < -0.39 is 0 Å². The predicted molar refractivity (Wildman–Crippen MR) is 35.3 cm³/mol. The highest BCUT2D eigenvalue weighted by molar-refractivity contribution is 4.33. The zero-order chi connectivity index (χ0) is 6.95. The van der Waals surface area contributed by atoms with Crippen molar-refractivity contribution < 1.29 is 9.47 Å². The van der Waals surface area contributed by atoms with Gasteiger partial charge in [0.2, 0.25) is 0 Å². The standard InChI is InChI=1S/C6H14NO2/c1-8-4-2-5-9-6-3-7/h7H,2-6H2,1H3. The quantitative estimate of drug-likeness (QED) is 0.488. The molecule has 0 atom stereocenters. The molecule has 0 bridgehead atoms. The van der Waals surface area contributed by atoms with E-state index in [1.807, 2.05) is 0 Å². The van der Waals surface area contributed by atoms with Crippen molar-refractivity contribution in [1.82, 2.24) is 5.73 Å². The molecule has 0 amide bonds. The highest BCUT2D eigenvalue weighted by Gasteiger charge is 1.85. The Balaban J connectivity index is 2.60. The topological polar surface area (TPSA) is 42.3 Å². The van der Waals surface area contributed by atoms with E-state index in [9.17, 15) is 0 Å². The summed E-state index contributed by atoms with van der Waals surface area (Å²) in [5.74, 6) is 0. The fourth-order valence-corrected chi connectivity index (χ4v) is 0.480. The lowest BCUT2D eigenvalue weighted by molar-refractivity contribution is 0.107. The first-order valence-corrected chi connectivity index (χ1v) is 3.13. The van der Waals surface area contributed by atoms with Crippen LogP contribution in [0.25, 0.3) is 0 Å². The highest BCUT2D eigenvalue weighted by atomic mass is 16.5. The third-order valence-corrected chi connectivity index (χ3v) is 0.884. The van der Waals surface area contributed by atoms with Crippen LogP contribution in [0.1, 0.15) is 6.42 Å². The number of nitrogens with one attached hydrogen (secondary N) is 1. The third-order valence-electron chi connectivity index (χ3n) is 0.884. The molecule has 0 unspecified atom stereocenters. The van der Waals surface area contributed by atoms with E-state index in [4.69, 9.17) is 15.2 Å². The molecule has 1 N–H and O–H groups in total. The van der Waals surface area contributed by atoms with Crippen LogP contribution >= 0.6 is 0 Å². The maximum Gasteiger partial charge on any atom is 0.0604 e. The van der Waals surface area contributed by atoms with Crippen molar-refractivity contribution in [2.75, 3.05) is 33.5 Å². The second-order valence-electron chi connectivity index (χ2n) is 1.71. The molecule has 0 aromatic carbocycles. The molecule has 0 spiro atoms. The Morgan fingerprint density at radius 2 is 2.00 bits per heavy atom. The number of hydrogen-bond donors (Lipinski definition) is 0. The lowest BCUT2D eigenvalue weighted by atomic mass is 10.5. The summed E-state index contributed by atoms with van der Waals surface area (Å²) in [7, 11) is 1.67. The van der Waals surface area contributed by atoms with Crippen LogP contribution in [-0.4, -0.2) is 33.5 Å². The van der Waals surface area contributed by atoms with Crippen LogP contribution in [-0.2, 0) is 9.47 Å². The van der Waals surface area contributed by atoms with Crippen molar-refractivity contribution >= 4 is 0 Å². The van der Waals surface area contributed by atoms with Gasteiger partial charge in [-0.25, -0.2) is 0 Å². The number of ether oxygens (including phenoxy) is 2. The number of methoxy groups -OCH3 is 1. The van der Waals surface area contributed by atoms with Crippen LogP contribution in [0.2, 0.25) is 0 Å². The van der Waals surface area contributed by atoms with E-state index in [0.29, 0.717) is 19.8 Å². The zero-order valence-electron chi connectivity index (χ0n) is 5.85. The second kappa shape index (κ2) is 7.88. The summed E-state index contributed by atoms with van der Waals surface area (Å²) in [6.07, 6.45) is 0.927. The van der Waals surface area contributed by atoms with Gasteiger partial charge >= 0.3 is 0 Å². The van der Waals surface area contributed by atoms with Crippen LogP contribution in [0.4, 0.5) is 0 Å². The van der Waals surface area contributed by atoms with Crippen LogP contribution < -0.4 is 5.73 Å². The fourth-order valence-electron chi connectivity index (χ4n) is 0.480. The smallest absolute Gasteiger partial charge is 0.0604 e. The van der Waals surface area contributed by atoms with E-state index in [-0.39, 0.29) is 0 Å². The Hall–Kier alpha value is -0.120. The SMILES string of the molecule is COCCCOCC[NH]. The molecule has 0 saturated carbocycles. The minimum atomic E-state index is 0.354. The monoisotopic (exact) mass is 132 g/mol. The largest absolute Gasteiger partial charge is 0.385 e. The minimum absolute atomic E-state index is 0.354. The first-order valence-electron chi connectivity index (χ1n) is 3.13. The lowest BCUT2D eigenvalue weighted by Gasteiger charge is -1.99.